The van der Waals surface area contributed by atoms with E-state index in [1.54, 1.807) is 16.8 Å². The van der Waals surface area contributed by atoms with Crippen molar-refractivity contribution >= 4 is 12.1 Å². The smallest absolute Gasteiger partial charge is 0.314 e. The molecule has 0 unspecified atom stereocenters. The number of nitrogens with zero attached hydrogens (tertiary/aromatic N) is 2. The van der Waals surface area contributed by atoms with Crippen LogP contribution in [0.25, 0.3) is 0 Å². The molecule has 2 fully saturated rings. The van der Waals surface area contributed by atoms with Crippen molar-refractivity contribution in [2.45, 2.75) is 38.6 Å². The van der Waals surface area contributed by atoms with E-state index in [0.717, 1.165) is 0 Å². The lowest BCUT2D eigenvalue weighted by Gasteiger charge is -2.34. The molecule has 0 bridgehead atoms. The van der Waals surface area contributed by atoms with Gasteiger partial charge in [0.25, 0.3) is 0 Å². The number of carbonyl (C=O) groups excluding carboxylic acids is 2. The molecule has 2 aliphatic heterocycles. The van der Waals surface area contributed by atoms with Gasteiger partial charge in [0.15, 0.2) is 0 Å². The normalized spacial score (nSPS) is 30.4. The minimum absolute atomic E-state index is 0.0648. The summed E-state index contributed by atoms with van der Waals surface area (Å²) in [6.45, 7) is 5.85. The van der Waals surface area contributed by atoms with Crippen molar-refractivity contribution in [3.8, 4) is 0 Å². The SMILES string of the molecule is CN1C(=O)N(C(C)(C)C)[C@@H]2NC(=O)N[C@@H]21. The molecule has 2 N–H and O–H groups in total. The summed E-state index contributed by atoms with van der Waals surface area (Å²) in [5.41, 5.74) is -0.302. The first-order chi connectivity index (χ1) is 6.82. The van der Waals surface area contributed by atoms with Crippen molar-refractivity contribution in [3.63, 3.8) is 0 Å². The number of hydrogen-bond acceptors (Lipinski definition) is 2. The molecule has 2 aliphatic rings. The van der Waals surface area contributed by atoms with Gasteiger partial charge in [-0.3, -0.25) is 4.90 Å². The van der Waals surface area contributed by atoms with Gasteiger partial charge in [-0.25, -0.2) is 9.59 Å². The van der Waals surface area contributed by atoms with Crippen molar-refractivity contribution in [2.75, 3.05) is 7.05 Å². The summed E-state index contributed by atoms with van der Waals surface area (Å²) >= 11 is 0. The summed E-state index contributed by atoms with van der Waals surface area (Å²) in [6.07, 6.45) is -0.528. The van der Waals surface area contributed by atoms with Crippen LogP contribution in [-0.4, -0.2) is 46.8 Å². The minimum atomic E-state index is -0.302. The number of carbonyl (C=O) groups is 2. The molecule has 0 aromatic heterocycles. The van der Waals surface area contributed by atoms with Gasteiger partial charge in [-0.15, -0.1) is 0 Å². The lowest BCUT2D eigenvalue weighted by atomic mass is 10.1. The monoisotopic (exact) mass is 212 g/mol. The Kier molecular flexibility index (Phi) is 1.86. The quantitative estimate of drug-likeness (QED) is 0.599. The standard InChI is InChI=1S/C9H16N4O2/c1-9(2,3)13-6-5(10-7(14)11-6)12(4)8(13)15/h5-6H,1-4H3,(H2,10,11,14)/t5-,6+/m1/s1. The minimum Gasteiger partial charge on any atom is -0.314 e. The first-order valence-electron chi connectivity index (χ1n) is 4.95. The van der Waals surface area contributed by atoms with Crippen molar-refractivity contribution in [1.82, 2.24) is 20.4 Å². The first-order valence-corrected chi connectivity index (χ1v) is 4.95. The Morgan fingerprint density at radius 3 is 2.20 bits per heavy atom. The van der Waals surface area contributed by atoms with Gasteiger partial charge >= 0.3 is 12.1 Å². The summed E-state index contributed by atoms with van der Waals surface area (Å²) in [5, 5.41) is 5.46. The van der Waals surface area contributed by atoms with Crippen LogP contribution in [-0.2, 0) is 0 Å². The Labute approximate surface area is 88.6 Å². The summed E-state index contributed by atoms with van der Waals surface area (Å²) in [6, 6.07) is -0.288. The highest BCUT2D eigenvalue weighted by molar-refractivity contribution is 5.85. The van der Waals surface area contributed by atoms with E-state index in [1.807, 2.05) is 20.8 Å². The molecule has 0 aliphatic carbocycles. The third-order valence-corrected chi connectivity index (χ3v) is 2.78. The zero-order valence-electron chi connectivity index (χ0n) is 9.37. The average molecular weight is 212 g/mol. The van der Waals surface area contributed by atoms with Crippen LogP contribution in [0.2, 0.25) is 0 Å². The molecule has 84 valence electrons. The summed E-state index contributed by atoms with van der Waals surface area (Å²) < 4.78 is 0. The third kappa shape index (κ3) is 1.32. The Bertz CT molecular complexity index is 323. The first kappa shape index (κ1) is 10.1. The van der Waals surface area contributed by atoms with Crippen LogP contribution in [0, 0.1) is 0 Å². The zero-order valence-corrected chi connectivity index (χ0v) is 9.37. The maximum atomic E-state index is 11.9. The lowest BCUT2D eigenvalue weighted by Crippen LogP contribution is -2.52. The van der Waals surface area contributed by atoms with E-state index in [9.17, 15) is 9.59 Å². The molecule has 2 atom stereocenters. The van der Waals surface area contributed by atoms with E-state index < -0.39 is 0 Å². The van der Waals surface area contributed by atoms with Crippen LogP contribution < -0.4 is 10.6 Å². The molecule has 2 rings (SSSR count). The summed E-state index contributed by atoms with van der Waals surface area (Å²) in [4.78, 5) is 26.4. The van der Waals surface area contributed by atoms with Gasteiger partial charge in [0.1, 0.15) is 12.3 Å². The number of rotatable bonds is 0. The molecule has 0 aromatic carbocycles. The fraction of sp³-hybridized carbons (Fsp3) is 0.778. The largest absolute Gasteiger partial charge is 0.323 e. The van der Waals surface area contributed by atoms with E-state index in [-0.39, 0.29) is 29.9 Å². The molecule has 2 heterocycles. The Morgan fingerprint density at radius 1 is 1.13 bits per heavy atom. The molecule has 0 aromatic rings. The van der Waals surface area contributed by atoms with Crippen molar-refractivity contribution in [3.05, 3.63) is 0 Å². The number of urea groups is 2. The molecular formula is C9H16N4O2. The van der Waals surface area contributed by atoms with E-state index in [0.29, 0.717) is 0 Å². The maximum Gasteiger partial charge on any atom is 0.323 e. The zero-order chi connectivity index (χ0) is 11.4. The predicted molar refractivity (Wildman–Crippen MR) is 54.0 cm³/mol. The van der Waals surface area contributed by atoms with Gasteiger partial charge in [0, 0.05) is 12.6 Å². The molecule has 0 spiro atoms. The Balaban J connectivity index is 2.32. The van der Waals surface area contributed by atoms with Crippen LogP contribution in [0.15, 0.2) is 0 Å². The van der Waals surface area contributed by atoms with Crippen LogP contribution in [0.5, 0.6) is 0 Å². The van der Waals surface area contributed by atoms with Crippen LogP contribution >= 0.6 is 0 Å². The van der Waals surface area contributed by atoms with E-state index in [1.165, 1.54) is 0 Å². The average Bonchev–Trinajstić information content (AvgIpc) is 2.51. The second-order valence-electron chi connectivity index (χ2n) is 4.94. The fourth-order valence-electron chi connectivity index (χ4n) is 2.09. The highest BCUT2D eigenvalue weighted by Crippen LogP contribution is 2.28. The van der Waals surface area contributed by atoms with Crippen molar-refractivity contribution in [1.29, 1.82) is 0 Å². The van der Waals surface area contributed by atoms with E-state index in [4.69, 9.17) is 0 Å². The molecule has 0 saturated carbocycles. The molecule has 0 radical (unpaired) electrons. The Hall–Kier alpha value is -1.46. The van der Waals surface area contributed by atoms with Crippen molar-refractivity contribution in [2.24, 2.45) is 0 Å². The van der Waals surface area contributed by atoms with E-state index in [2.05, 4.69) is 10.6 Å². The second kappa shape index (κ2) is 2.77. The summed E-state index contributed by atoms with van der Waals surface area (Å²) in [7, 11) is 1.69. The van der Waals surface area contributed by atoms with Crippen LogP contribution in [0.1, 0.15) is 20.8 Å². The van der Waals surface area contributed by atoms with Gasteiger partial charge in [0.05, 0.1) is 0 Å². The molecule has 6 nitrogen and oxygen atoms in total. The fourth-order valence-corrected chi connectivity index (χ4v) is 2.09. The third-order valence-electron chi connectivity index (χ3n) is 2.78. The van der Waals surface area contributed by atoms with Gasteiger partial charge in [-0.05, 0) is 20.8 Å². The topological polar surface area (TPSA) is 64.7 Å². The van der Waals surface area contributed by atoms with E-state index >= 15 is 0 Å². The van der Waals surface area contributed by atoms with Crippen LogP contribution in [0.4, 0.5) is 9.59 Å². The van der Waals surface area contributed by atoms with Crippen LogP contribution in [0.3, 0.4) is 0 Å². The molecule has 15 heavy (non-hydrogen) atoms. The van der Waals surface area contributed by atoms with Gasteiger partial charge in [-0.1, -0.05) is 0 Å². The van der Waals surface area contributed by atoms with Gasteiger partial charge in [0.2, 0.25) is 0 Å². The number of amides is 4. The Morgan fingerprint density at radius 2 is 1.67 bits per heavy atom. The molecular weight excluding hydrogens is 196 g/mol. The van der Waals surface area contributed by atoms with Crippen molar-refractivity contribution < 1.29 is 9.59 Å². The van der Waals surface area contributed by atoms with Gasteiger partial charge < -0.3 is 15.5 Å². The van der Waals surface area contributed by atoms with Gasteiger partial charge in [-0.2, -0.15) is 0 Å². The summed E-state index contributed by atoms with van der Waals surface area (Å²) in [5.74, 6) is 0. The molecule has 6 heteroatoms. The number of likely N-dealkylation sites (N-methyl/N-ethyl adjacent to an activating group) is 1. The second-order valence-corrected chi connectivity index (χ2v) is 4.94. The highest BCUT2D eigenvalue weighted by atomic mass is 16.2. The lowest BCUT2D eigenvalue weighted by molar-refractivity contribution is 0.128. The maximum absolute atomic E-state index is 11.9. The highest BCUT2D eigenvalue weighted by Gasteiger charge is 2.52. The predicted octanol–water partition coefficient (Wildman–Crippen LogP) is 0.117. The number of fused-ring (bicyclic) bond motifs is 1. The molecule has 4 amide bonds. The number of hydrogen-bond donors (Lipinski definition) is 2. The number of nitrogens with one attached hydrogen (secondary N) is 2. The molecule has 2 saturated heterocycles.